The first-order chi connectivity index (χ1) is 12.6. The number of rotatable bonds is 5. The SMILES string of the molecule is COc1ccc(C2(O)C[C@@H]3CC[C@@H](C2)N3Cc2cnc(SC)nc2)cc1. The Labute approximate surface area is 158 Å². The summed E-state index contributed by atoms with van der Waals surface area (Å²) < 4.78 is 5.24. The summed E-state index contributed by atoms with van der Waals surface area (Å²) in [6.45, 7) is 0.864. The number of methoxy groups -OCH3 is 1. The van der Waals surface area contributed by atoms with E-state index in [0.29, 0.717) is 12.1 Å². The molecule has 2 atom stereocenters. The zero-order valence-corrected chi connectivity index (χ0v) is 16.1. The lowest BCUT2D eigenvalue weighted by Crippen LogP contribution is -2.49. The molecule has 4 rings (SSSR count). The maximum atomic E-state index is 11.3. The second-order valence-corrected chi connectivity index (χ2v) is 8.08. The number of aliphatic hydroxyl groups is 1. The van der Waals surface area contributed by atoms with Gasteiger partial charge in [-0.3, -0.25) is 4.90 Å². The lowest BCUT2D eigenvalue weighted by molar-refractivity contribution is -0.0595. The van der Waals surface area contributed by atoms with Crippen molar-refractivity contribution in [3.63, 3.8) is 0 Å². The summed E-state index contributed by atoms with van der Waals surface area (Å²) in [4.78, 5) is 11.3. The highest BCUT2D eigenvalue weighted by Crippen LogP contribution is 2.46. The van der Waals surface area contributed by atoms with Crippen LogP contribution in [0.25, 0.3) is 0 Å². The fourth-order valence-corrected chi connectivity index (χ4v) is 4.77. The van der Waals surface area contributed by atoms with Crippen molar-refractivity contribution in [2.45, 2.75) is 55.1 Å². The van der Waals surface area contributed by atoms with E-state index in [1.54, 1.807) is 18.9 Å². The predicted octanol–water partition coefficient (Wildman–Crippen LogP) is 3.22. The maximum Gasteiger partial charge on any atom is 0.187 e. The maximum absolute atomic E-state index is 11.3. The molecule has 0 aliphatic carbocycles. The van der Waals surface area contributed by atoms with Gasteiger partial charge in [-0.1, -0.05) is 23.9 Å². The summed E-state index contributed by atoms with van der Waals surface area (Å²) in [5.41, 5.74) is 1.41. The van der Waals surface area contributed by atoms with Crippen LogP contribution in [-0.4, -0.2) is 45.4 Å². The lowest BCUT2D eigenvalue weighted by atomic mass is 9.80. The van der Waals surface area contributed by atoms with Crippen molar-refractivity contribution in [1.29, 1.82) is 0 Å². The van der Waals surface area contributed by atoms with Crippen molar-refractivity contribution in [2.24, 2.45) is 0 Å². The van der Waals surface area contributed by atoms with Crippen molar-refractivity contribution >= 4 is 11.8 Å². The third kappa shape index (κ3) is 3.33. The number of thioether (sulfide) groups is 1. The third-order valence-electron chi connectivity index (χ3n) is 5.77. The van der Waals surface area contributed by atoms with E-state index in [1.807, 2.05) is 42.9 Å². The van der Waals surface area contributed by atoms with Crippen LogP contribution in [0.4, 0.5) is 0 Å². The van der Waals surface area contributed by atoms with Gasteiger partial charge >= 0.3 is 0 Å². The van der Waals surface area contributed by atoms with Gasteiger partial charge in [0.1, 0.15) is 5.75 Å². The van der Waals surface area contributed by atoms with Gasteiger partial charge in [-0.05, 0) is 49.6 Å². The van der Waals surface area contributed by atoms with Gasteiger partial charge in [0, 0.05) is 36.6 Å². The smallest absolute Gasteiger partial charge is 0.187 e. The van der Waals surface area contributed by atoms with Gasteiger partial charge in [-0.2, -0.15) is 0 Å². The van der Waals surface area contributed by atoms with Gasteiger partial charge in [0.15, 0.2) is 5.16 Å². The van der Waals surface area contributed by atoms with Crippen LogP contribution in [0.3, 0.4) is 0 Å². The first kappa shape index (κ1) is 17.8. The van der Waals surface area contributed by atoms with Crippen molar-refractivity contribution in [1.82, 2.24) is 14.9 Å². The van der Waals surface area contributed by atoms with E-state index in [-0.39, 0.29) is 0 Å². The Kier molecular flexibility index (Phi) is 4.90. The molecule has 2 bridgehead atoms. The number of nitrogens with zero attached hydrogens (tertiary/aromatic N) is 3. The first-order valence-corrected chi connectivity index (χ1v) is 10.3. The van der Waals surface area contributed by atoms with Crippen LogP contribution in [0.15, 0.2) is 41.8 Å². The number of hydrogen-bond donors (Lipinski definition) is 1. The molecule has 138 valence electrons. The Morgan fingerprint density at radius 3 is 2.31 bits per heavy atom. The molecule has 2 aromatic rings. The van der Waals surface area contributed by atoms with Crippen LogP contribution in [0.1, 0.15) is 36.8 Å². The van der Waals surface area contributed by atoms with Crippen molar-refractivity contribution in [3.8, 4) is 5.75 Å². The first-order valence-electron chi connectivity index (χ1n) is 9.09. The summed E-state index contributed by atoms with van der Waals surface area (Å²) in [5, 5.41) is 12.2. The largest absolute Gasteiger partial charge is 0.497 e. The van der Waals surface area contributed by atoms with E-state index in [0.717, 1.165) is 54.3 Å². The second kappa shape index (κ2) is 7.18. The molecule has 2 saturated heterocycles. The molecular formula is C20H25N3O2S. The topological polar surface area (TPSA) is 58.5 Å². The van der Waals surface area contributed by atoms with Crippen molar-refractivity contribution in [2.75, 3.05) is 13.4 Å². The Hall–Kier alpha value is -1.63. The average molecular weight is 372 g/mol. The lowest BCUT2D eigenvalue weighted by Gasteiger charge is -2.44. The van der Waals surface area contributed by atoms with E-state index >= 15 is 0 Å². The molecule has 1 aromatic heterocycles. The summed E-state index contributed by atoms with van der Waals surface area (Å²) >= 11 is 1.56. The highest BCUT2D eigenvalue weighted by molar-refractivity contribution is 7.98. The van der Waals surface area contributed by atoms with Gasteiger partial charge in [0.2, 0.25) is 0 Å². The zero-order valence-electron chi connectivity index (χ0n) is 15.3. The zero-order chi connectivity index (χ0) is 18.1. The summed E-state index contributed by atoms with van der Waals surface area (Å²) in [5.74, 6) is 0.825. The number of benzene rings is 1. The number of ether oxygens (including phenoxy) is 1. The molecule has 6 heteroatoms. The molecule has 1 aromatic carbocycles. The molecule has 0 radical (unpaired) electrons. The number of piperidine rings is 1. The minimum Gasteiger partial charge on any atom is -0.497 e. The minimum absolute atomic E-state index is 0.404. The molecule has 3 heterocycles. The standard InChI is InChI=1S/C20H25N3O2S/c1-25-18-7-3-15(4-8-18)20(24)9-16-5-6-17(10-20)23(16)13-14-11-21-19(26-2)22-12-14/h3-4,7-8,11-12,16-17,24H,5-6,9-10,13H2,1-2H3/t16-,17-/m0/s1. The summed E-state index contributed by atoms with van der Waals surface area (Å²) in [7, 11) is 1.66. The van der Waals surface area contributed by atoms with Crippen LogP contribution in [0, 0.1) is 0 Å². The molecule has 5 nitrogen and oxygen atoms in total. The molecule has 0 amide bonds. The monoisotopic (exact) mass is 371 g/mol. The number of aromatic nitrogens is 2. The van der Waals surface area contributed by atoms with Crippen molar-refractivity contribution < 1.29 is 9.84 Å². The molecule has 26 heavy (non-hydrogen) atoms. The molecule has 0 unspecified atom stereocenters. The number of fused-ring (bicyclic) bond motifs is 2. The fourth-order valence-electron chi connectivity index (χ4n) is 4.45. The van der Waals surface area contributed by atoms with Crippen LogP contribution in [0.2, 0.25) is 0 Å². The Morgan fingerprint density at radius 2 is 1.77 bits per heavy atom. The summed E-state index contributed by atoms with van der Waals surface area (Å²) in [6, 6.07) is 8.69. The highest BCUT2D eigenvalue weighted by Gasteiger charge is 2.48. The third-order valence-corrected chi connectivity index (χ3v) is 6.35. The van der Waals surface area contributed by atoms with Crippen LogP contribution in [-0.2, 0) is 12.1 Å². The second-order valence-electron chi connectivity index (χ2n) is 7.30. The fraction of sp³-hybridized carbons (Fsp3) is 0.500. The van der Waals surface area contributed by atoms with E-state index in [4.69, 9.17) is 4.74 Å². The van der Waals surface area contributed by atoms with Crippen molar-refractivity contribution in [3.05, 3.63) is 47.8 Å². The van der Waals surface area contributed by atoms with Gasteiger partial charge in [0.05, 0.1) is 12.7 Å². The highest BCUT2D eigenvalue weighted by atomic mass is 32.2. The Balaban J connectivity index is 1.49. The minimum atomic E-state index is -0.742. The van der Waals surface area contributed by atoms with Crippen LogP contribution in [0.5, 0.6) is 5.75 Å². The van der Waals surface area contributed by atoms with E-state index in [9.17, 15) is 5.11 Å². The Morgan fingerprint density at radius 1 is 1.15 bits per heavy atom. The summed E-state index contributed by atoms with van der Waals surface area (Å²) in [6.07, 6.45) is 9.70. The quantitative estimate of drug-likeness (QED) is 0.643. The number of hydrogen-bond acceptors (Lipinski definition) is 6. The molecular weight excluding hydrogens is 346 g/mol. The predicted molar refractivity (Wildman–Crippen MR) is 102 cm³/mol. The molecule has 0 saturated carbocycles. The van der Waals surface area contributed by atoms with Gasteiger partial charge in [-0.15, -0.1) is 0 Å². The average Bonchev–Trinajstić information content (AvgIpc) is 2.92. The van der Waals surface area contributed by atoms with E-state index in [1.165, 1.54) is 0 Å². The molecule has 2 aliphatic rings. The van der Waals surface area contributed by atoms with E-state index < -0.39 is 5.60 Å². The van der Waals surface area contributed by atoms with Gasteiger partial charge < -0.3 is 9.84 Å². The van der Waals surface area contributed by atoms with E-state index in [2.05, 4.69) is 14.9 Å². The molecule has 0 spiro atoms. The molecule has 2 fully saturated rings. The Bertz CT molecular complexity index is 737. The normalized spacial score (nSPS) is 28.3. The van der Waals surface area contributed by atoms with Crippen LogP contribution >= 0.6 is 11.8 Å². The van der Waals surface area contributed by atoms with Gasteiger partial charge in [-0.25, -0.2) is 9.97 Å². The van der Waals surface area contributed by atoms with Gasteiger partial charge in [0.25, 0.3) is 0 Å². The molecule has 1 N–H and O–H groups in total. The van der Waals surface area contributed by atoms with Crippen LogP contribution < -0.4 is 4.74 Å². The molecule has 2 aliphatic heterocycles.